The van der Waals surface area contributed by atoms with Gasteiger partial charge in [-0.25, -0.2) is 4.39 Å². The number of benzene rings is 2. The largest absolute Gasteiger partial charge is 0.457 e. The molecule has 2 aromatic rings. The lowest BCUT2D eigenvalue weighted by Gasteiger charge is -2.23. The maximum Gasteiger partial charge on any atom is 0.135 e. The van der Waals surface area contributed by atoms with Crippen molar-refractivity contribution in [2.75, 3.05) is 0 Å². The fourth-order valence-corrected chi connectivity index (χ4v) is 2.08. The van der Waals surface area contributed by atoms with Crippen LogP contribution in [0.4, 0.5) is 4.39 Å². The summed E-state index contributed by atoms with van der Waals surface area (Å²) in [4.78, 5) is 0. The van der Waals surface area contributed by atoms with Gasteiger partial charge in [0.25, 0.3) is 0 Å². The van der Waals surface area contributed by atoms with Crippen molar-refractivity contribution in [2.24, 2.45) is 0 Å². The van der Waals surface area contributed by atoms with Crippen molar-refractivity contribution in [3.05, 3.63) is 59.4 Å². The zero-order chi connectivity index (χ0) is 14.8. The molecule has 2 nitrogen and oxygen atoms in total. The Hall–Kier alpha value is -1.87. The number of hydrogen-bond acceptors (Lipinski definition) is 2. The van der Waals surface area contributed by atoms with E-state index in [-0.39, 0.29) is 17.6 Å². The highest BCUT2D eigenvalue weighted by Crippen LogP contribution is 2.35. The van der Waals surface area contributed by atoms with E-state index < -0.39 is 5.82 Å². The standard InChI is InChI=1S/C17H19FO2/c1-17(2,3)13-7-4-5-9-16(13)20-15-10-6-8-14(18)12(15)11-19/h4-10,19H,11H2,1-3H3. The van der Waals surface area contributed by atoms with Crippen LogP contribution in [0.15, 0.2) is 42.5 Å². The van der Waals surface area contributed by atoms with Gasteiger partial charge in [-0.05, 0) is 23.6 Å². The van der Waals surface area contributed by atoms with Gasteiger partial charge in [-0.2, -0.15) is 0 Å². The number of halogens is 1. The first kappa shape index (κ1) is 14.5. The lowest BCUT2D eigenvalue weighted by atomic mass is 9.86. The molecule has 0 aliphatic carbocycles. The van der Waals surface area contributed by atoms with Crippen molar-refractivity contribution in [3.8, 4) is 11.5 Å². The Labute approximate surface area is 118 Å². The van der Waals surface area contributed by atoms with E-state index in [1.807, 2.05) is 24.3 Å². The molecule has 0 spiro atoms. The van der Waals surface area contributed by atoms with E-state index in [2.05, 4.69) is 20.8 Å². The number of aliphatic hydroxyl groups is 1. The summed E-state index contributed by atoms with van der Waals surface area (Å²) in [5.41, 5.74) is 1.13. The topological polar surface area (TPSA) is 29.5 Å². The molecule has 0 radical (unpaired) electrons. The van der Waals surface area contributed by atoms with E-state index in [0.29, 0.717) is 11.5 Å². The third-order valence-corrected chi connectivity index (χ3v) is 3.15. The Bertz CT molecular complexity index is 600. The van der Waals surface area contributed by atoms with Crippen LogP contribution < -0.4 is 4.74 Å². The third-order valence-electron chi connectivity index (χ3n) is 3.15. The number of para-hydroxylation sites is 1. The van der Waals surface area contributed by atoms with Crippen molar-refractivity contribution < 1.29 is 14.2 Å². The molecule has 0 saturated heterocycles. The summed E-state index contributed by atoms with van der Waals surface area (Å²) in [5, 5.41) is 9.29. The molecule has 0 saturated carbocycles. The van der Waals surface area contributed by atoms with E-state index in [4.69, 9.17) is 4.74 Å². The van der Waals surface area contributed by atoms with Gasteiger partial charge in [0.15, 0.2) is 0 Å². The van der Waals surface area contributed by atoms with Gasteiger partial charge >= 0.3 is 0 Å². The van der Waals surface area contributed by atoms with Gasteiger partial charge in [-0.15, -0.1) is 0 Å². The predicted octanol–water partition coefficient (Wildman–Crippen LogP) is 4.41. The molecule has 106 valence electrons. The Morgan fingerprint density at radius 2 is 1.65 bits per heavy atom. The van der Waals surface area contributed by atoms with Gasteiger partial charge in [0.2, 0.25) is 0 Å². The van der Waals surface area contributed by atoms with Crippen LogP contribution in [0, 0.1) is 5.82 Å². The minimum Gasteiger partial charge on any atom is -0.457 e. The fourth-order valence-electron chi connectivity index (χ4n) is 2.08. The van der Waals surface area contributed by atoms with E-state index >= 15 is 0 Å². The lowest BCUT2D eigenvalue weighted by Crippen LogP contribution is -2.12. The average molecular weight is 274 g/mol. The molecule has 1 N–H and O–H groups in total. The van der Waals surface area contributed by atoms with E-state index in [9.17, 15) is 9.50 Å². The highest BCUT2D eigenvalue weighted by Gasteiger charge is 2.19. The summed E-state index contributed by atoms with van der Waals surface area (Å²) in [6, 6.07) is 12.2. The van der Waals surface area contributed by atoms with E-state index in [1.54, 1.807) is 12.1 Å². The van der Waals surface area contributed by atoms with Gasteiger partial charge in [-0.3, -0.25) is 0 Å². The number of hydrogen-bond donors (Lipinski definition) is 1. The molecule has 0 aromatic heterocycles. The smallest absolute Gasteiger partial charge is 0.135 e. The zero-order valence-electron chi connectivity index (χ0n) is 12.0. The van der Waals surface area contributed by atoms with Crippen LogP contribution in [0.1, 0.15) is 31.9 Å². The third kappa shape index (κ3) is 2.99. The second-order valence-electron chi connectivity index (χ2n) is 5.72. The van der Waals surface area contributed by atoms with Crippen molar-refractivity contribution in [1.82, 2.24) is 0 Å². The van der Waals surface area contributed by atoms with Gasteiger partial charge in [0.1, 0.15) is 17.3 Å². The maximum absolute atomic E-state index is 13.6. The average Bonchev–Trinajstić information content (AvgIpc) is 2.38. The second-order valence-corrected chi connectivity index (χ2v) is 5.72. The number of aliphatic hydroxyl groups excluding tert-OH is 1. The van der Waals surface area contributed by atoms with Crippen LogP contribution in [-0.2, 0) is 12.0 Å². The normalized spacial score (nSPS) is 11.4. The summed E-state index contributed by atoms with van der Waals surface area (Å²) < 4.78 is 19.5. The van der Waals surface area contributed by atoms with E-state index in [0.717, 1.165) is 5.56 Å². The highest BCUT2D eigenvalue weighted by molar-refractivity contribution is 5.44. The van der Waals surface area contributed by atoms with E-state index in [1.165, 1.54) is 6.07 Å². The van der Waals surface area contributed by atoms with Crippen molar-refractivity contribution in [3.63, 3.8) is 0 Å². The minimum absolute atomic E-state index is 0.0801. The number of rotatable bonds is 3. The molecule has 0 heterocycles. The summed E-state index contributed by atoms with van der Waals surface area (Å²) in [5.74, 6) is 0.572. The molecular weight excluding hydrogens is 255 g/mol. The van der Waals surface area contributed by atoms with Crippen LogP contribution in [0.3, 0.4) is 0 Å². The Balaban J connectivity index is 2.44. The van der Waals surface area contributed by atoms with Crippen LogP contribution in [-0.4, -0.2) is 5.11 Å². The summed E-state index contributed by atoms with van der Waals surface area (Å²) in [6.45, 7) is 5.88. The maximum atomic E-state index is 13.6. The Morgan fingerprint density at radius 3 is 2.30 bits per heavy atom. The number of ether oxygens (including phenoxy) is 1. The van der Waals surface area contributed by atoms with Crippen LogP contribution in [0.5, 0.6) is 11.5 Å². The first-order valence-electron chi connectivity index (χ1n) is 6.59. The lowest BCUT2D eigenvalue weighted by molar-refractivity contribution is 0.269. The highest BCUT2D eigenvalue weighted by atomic mass is 19.1. The fraction of sp³-hybridized carbons (Fsp3) is 0.294. The molecule has 2 aromatic carbocycles. The van der Waals surface area contributed by atoms with Crippen LogP contribution in [0.2, 0.25) is 0 Å². The summed E-state index contributed by atoms with van der Waals surface area (Å²) >= 11 is 0. The SMILES string of the molecule is CC(C)(C)c1ccccc1Oc1cccc(F)c1CO. The molecule has 0 amide bonds. The molecule has 0 unspecified atom stereocenters. The quantitative estimate of drug-likeness (QED) is 0.898. The van der Waals surface area contributed by atoms with Gasteiger partial charge in [0.05, 0.1) is 12.2 Å². The van der Waals surface area contributed by atoms with Crippen molar-refractivity contribution >= 4 is 0 Å². The van der Waals surface area contributed by atoms with Gasteiger partial charge < -0.3 is 9.84 Å². The first-order chi connectivity index (χ1) is 9.43. The van der Waals surface area contributed by atoms with Gasteiger partial charge in [0, 0.05) is 5.56 Å². The molecule has 2 rings (SSSR count). The monoisotopic (exact) mass is 274 g/mol. The Morgan fingerprint density at radius 1 is 1.00 bits per heavy atom. The molecule has 3 heteroatoms. The molecule has 0 aliphatic rings. The molecular formula is C17H19FO2. The summed E-state index contributed by atoms with van der Waals surface area (Å²) in [7, 11) is 0. The molecule has 0 aliphatic heterocycles. The first-order valence-corrected chi connectivity index (χ1v) is 6.59. The predicted molar refractivity (Wildman–Crippen MR) is 77.5 cm³/mol. The van der Waals surface area contributed by atoms with Gasteiger partial charge in [-0.1, -0.05) is 45.0 Å². The summed E-state index contributed by atoms with van der Waals surface area (Å²) in [6.07, 6.45) is 0. The minimum atomic E-state index is -0.460. The van der Waals surface area contributed by atoms with Crippen LogP contribution >= 0.6 is 0 Å². The molecule has 0 bridgehead atoms. The van der Waals surface area contributed by atoms with Crippen molar-refractivity contribution in [1.29, 1.82) is 0 Å². The Kier molecular flexibility index (Phi) is 4.09. The molecule has 0 atom stereocenters. The van der Waals surface area contributed by atoms with Crippen molar-refractivity contribution in [2.45, 2.75) is 32.8 Å². The zero-order valence-corrected chi connectivity index (χ0v) is 12.0. The second kappa shape index (κ2) is 5.63. The molecule has 20 heavy (non-hydrogen) atoms. The van der Waals surface area contributed by atoms with Crippen LogP contribution in [0.25, 0.3) is 0 Å². The molecule has 0 fully saturated rings.